The number of nitrogens with one attached hydrogen (secondary N) is 1. The average Bonchev–Trinajstić information content (AvgIpc) is 2.52. The van der Waals surface area contributed by atoms with Crippen LogP contribution in [0.3, 0.4) is 0 Å². The Morgan fingerprint density at radius 1 is 1.22 bits per heavy atom. The van der Waals surface area contributed by atoms with E-state index in [1.165, 1.54) is 24.0 Å². The second-order valence-corrected chi connectivity index (χ2v) is 6.90. The van der Waals surface area contributed by atoms with Crippen molar-refractivity contribution in [1.82, 2.24) is 5.32 Å². The summed E-state index contributed by atoms with van der Waals surface area (Å²) in [6, 6.07) is 9.82. The fourth-order valence-electron chi connectivity index (χ4n) is 3.60. The van der Waals surface area contributed by atoms with Crippen molar-refractivity contribution in [3.05, 3.63) is 35.4 Å². The predicted octanol–water partition coefficient (Wildman–Crippen LogP) is 4.47. The first-order valence-corrected chi connectivity index (χ1v) is 7.21. The molecule has 1 aromatic carbocycles. The molecule has 0 radical (unpaired) electrons. The van der Waals surface area contributed by atoms with Crippen molar-refractivity contribution >= 4 is 0 Å². The zero-order valence-corrected chi connectivity index (χ0v) is 12.5. The Kier molecular flexibility index (Phi) is 3.82. The van der Waals surface area contributed by atoms with Gasteiger partial charge in [-0.2, -0.15) is 0 Å². The molecular formula is C17H27N. The van der Waals surface area contributed by atoms with Crippen LogP contribution in [-0.4, -0.2) is 6.04 Å². The molecular weight excluding hydrogens is 218 g/mol. The van der Waals surface area contributed by atoms with Crippen molar-refractivity contribution in [3.63, 3.8) is 0 Å². The summed E-state index contributed by atoms with van der Waals surface area (Å²) in [5, 5.41) is 3.84. The Morgan fingerprint density at radius 2 is 1.89 bits per heavy atom. The minimum absolute atomic E-state index is 0.451. The van der Waals surface area contributed by atoms with E-state index in [9.17, 15) is 0 Å². The van der Waals surface area contributed by atoms with Gasteiger partial charge in [0.05, 0.1) is 0 Å². The normalized spacial score (nSPS) is 28.3. The Labute approximate surface area is 112 Å². The van der Waals surface area contributed by atoms with Gasteiger partial charge in [-0.3, -0.25) is 0 Å². The maximum absolute atomic E-state index is 3.84. The number of hydrogen-bond donors (Lipinski definition) is 1. The monoisotopic (exact) mass is 245 g/mol. The lowest BCUT2D eigenvalue weighted by atomic mass is 9.91. The topological polar surface area (TPSA) is 12.0 Å². The zero-order valence-electron chi connectivity index (χ0n) is 12.5. The smallest absolute Gasteiger partial charge is 0.0297 e. The molecule has 0 heterocycles. The van der Waals surface area contributed by atoms with Gasteiger partial charge in [0.1, 0.15) is 0 Å². The molecule has 1 heteroatoms. The summed E-state index contributed by atoms with van der Waals surface area (Å²) < 4.78 is 0. The molecule has 2 rings (SSSR count). The molecule has 0 amide bonds. The van der Waals surface area contributed by atoms with E-state index in [4.69, 9.17) is 0 Å². The van der Waals surface area contributed by atoms with Crippen LogP contribution in [0.1, 0.15) is 57.7 Å². The molecule has 18 heavy (non-hydrogen) atoms. The van der Waals surface area contributed by atoms with Crippen molar-refractivity contribution in [1.29, 1.82) is 0 Å². The van der Waals surface area contributed by atoms with Crippen molar-refractivity contribution in [3.8, 4) is 0 Å². The van der Waals surface area contributed by atoms with Crippen LogP contribution in [0.2, 0.25) is 0 Å². The lowest BCUT2D eigenvalue weighted by Gasteiger charge is -2.24. The summed E-state index contributed by atoms with van der Waals surface area (Å²) in [6.45, 7) is 11.7. The van der Waals surface area contributed by atoms with Gasteiger partial charge in [-0.1, -0.05) is 45.0 Å². The molecule has 1 saturated carbocycles. The van der Waals surface area contributed by atoms with E-state index < -0.39 is 0 Å². The molecule has 100 valence electrons. The number of benzene rings is 1. The number of hydrogen-bond acceptors (Lipinski definition) is 1. The van der Waals surface area contributed by atoms with Gasteiger partial charge >= 0.3 is 0 Å². The third-order valence-corrected chi connectivity index (χ3v) is 4.45. The van der Waals surface area contributed by atoms with Crippen LogP contribution in [0.15, 0.2) is 24.3 Å². The minimum Gasteiger partial charge on any atom is -0.307 e. The van der Waals surface area contributed by atoms with Crippen molar-refractivity contribution < 1.29 is 0 Å². The van der Waals surface area contributed by atoms with E-state index in [0.717, 1.165) is 5.92 Å². The van der Waals surface area contributed by atoms with Gasteiger partial charge in [0.15, 0.2) is 0 Å². The van der Waals surface area contributed by atoms with E-state index in [1.54, 1.807) is 0 Å². The average molecular weight is 245 g/mol. The fourth-order valence-corrected chi connectivity index (χ4v) is 3.60. The lowest BCUT2D eigenvalue weighted by Crippen LogP contribution is -2.34. The van der Waals surface area contributed by atoms with E-state index in [-0.39, 0.29) is 0 Å². The molecule has 1 aliphatic carbocycles. The Balaban J connectivity index is 2.04. The zero-order chi connectivity index (χ0) is 13.3. The summed E-state index contributed by atoms with van der Waals surface area (Å²) in [5.74, 6) is 0.784. The summed E-state index contributed by atoms with van der Waals surface area (Å²) in [6.07, 6.45) is 2.63. The summed E-state index contributed by atoms with van der Waals surface area (Å²) in [5.41, 5.74) is 3.33. The van der Waals surface area contributed by atoms with Gasteiger partial charge in [-0.15, -0.1) is 0 Å². The molecule has 1 N–H and O–H groups in total. The van der Waals surface area contributed by atoms with E-state index >= 15 is 0 Å². The van der Waals surface area contributed by atoms with Crippen LogP contribution in [0.5, 0.6) is 0 Å². The number of aryl methyl sites for hydroxylation is 1. The van der Waals surface area contributed by atoms with Crippen LogP contribution in [0, 0.1) is 18.3 Å². The van der Waals surface area contributed by atoms with Gasteiger partial charge in [0, 0.05) is 12.1 Å². The largest absolute Gasteiger partial charge is 0.307 e. The summed E-state index contributed by atoms with van der Waals surface area (Å²) >= 11 is 0. The third kappa shape index (κ3) is 2.95. The van der Waals surface area contributed by atoms with Crippen molar-refractivity contribution in [2.75, 3.05) is 0 Å². The molecule has 1 nitrogen and oxygen atoms in total. The Morgan fingerprint density at radius 3 is 2.44 bits per heavy atom. The molecule has 0 spiro atoms. The predicted molar refractivity (Wildman–Crippen MR) is 78.7 cm³/mol. The molecule has 0 aromatic heterocycles. The SMILES string of the molecule is Cc1ccccc1[C@@H](C)NC1CC(C)(C)CC1C. The minimum atomic E-state index is 0.451. The van der Waals surface area contributed by atoms with Crippen LogP contribution in [-0.2, 0) is 0 Å². The summed E-state index contributed by atoms with van der Waals surface area (Å²) in [4.78, 5) is 0. The summed E-state index contributed by atoms with van der Waals surface area (Å²) in [7, 11) is 0. The van der Waals surface area contributed by atoms with Gasteiger partial charge in [-0.25, -0.2) is 0 Å². The van der Waals surface area contributed by atoms with Gasteiger partial charge in [-0.05, 0) is 49.1 Å². The molecule has 0 bridgehead atoms. The van der Waals surface area contributed by atoms with Crippen LogP contribution in [0.25, 0.3) is 0 Å². The van der Waals surface area contributed by atoms with Crippen LogP contribution >= 0.6 is 0 Å². The van der Waals surface area contributed by atoms with E-state index in [0.29, 0.717) is 17.5 Å². The molecule has 0 aliphatic heterocycles. The first kappa shape index (κ1) is 13.6. The highest BCUT2D eigenvalue weighted by Crippen LogP contribution is 2.41. The highest BCUT2D eigenvalue weighted by Gasteiger charge is 2.37. The molecule has 2 unspecified atom stereocenters. The van der Waals surface area contributed by atoms with Crippen molar-refractivity contribution in [2.45, 2.75) is 59.5 Å². The molecule has 1 fully saturated rings. The second kappa shape index (κ2) is 5.05. The maximum Gasteiger partial charge on any atom is 0.0297 e. The lowest BCUT2D eigenvalue weighted by molar-refractivity contribution is 0.356. The Bertz CT molecular complexity index is 408. The standard InChI is InChI=1S/C17H27N/c1-12-8-6-7-9-15(12)14(3)18-16-11-17(4,5)10-13(16)2/h6-9,13-14,16,18H,10-11H2,1-5H3/t13?,14-,16?/m1/s1. The van der Waals surface area contributed by atoms with Crippen LogP contribution in [0.4, 0.5) is 0 Å². The Hall–Kier alpha value is -0.820. The quantitative estimate of drug-likeness (QED) is 0.828. The first-order valence-electron chi connectivity index (χ1n) is 7.21. The van der Waals surface area contributed by atoms with Gasteiger partial charge < -0.3 is 5.32 Å². The van der Waals surface area contributed by atoms with Crippen LogP contribution < -0.4 is 5.32 Å². The molecule has 3 atom stereocenters. The molecule has 0 saturated heterocycles. The molecule has 1 aromatic rings. The van der Waals surface area contributed by atoms with Gasteiger partial charge in [0.2, 0.25) is 0 Å². The van der Waals surface area contributed by atoms with Gasteiger partial charge in [0.25, 0.3) is 0 Å². The highest BCUT2D eigenvalue weighted by molar-refractivity contribution is 5.28. The molecule has 1 aliphatic rings. The highest BCUT2D eigenvalue weighted by atomic mass is 15.0. The number of rotatable bonds is 3. The second-order valence-electron chi connectivity index (χ2n) is 6.90. The van der Waals surface area contributed by atoms with E-state index in [2.05, 4.69) is 64.2 Å². The maximum atomic E-state index is 3.84. The third-order valence-electron chi connectivity index (χ3n) is 4.45. The van der Waals surface area contributed by atoms with Crippen molar-refractivity contribution in [2.24, 2.45) is 11.3 Å². The van der Waals surface area contributed by atoms with E-state index in [1.807, 2.05) is 0 Å². The fraction of sp³-hybridized carbons (Fsp3) is 0.647. The first-order chi connectivity index (χ1) is 8.39.